The first-order valence-electron chi connectivity index (χ1n) is 3.75. The first-order valence-corrected chi connectivity index (χ1v) is 4.54. The van der Waals surface area contributed by atoms with Crippen LogP contribution in [0.1, 0.15) is 11.6 Å². The van der Waals surface area contributed by atoms with Crippen LogP contribution >= 0.6 is 15.9 Å². The van der Waals surface area contributed by atoms with E-state index in [4.69, 9.17) is 4.74 Å². The van der Waals surface area contributed by atoms with Gasteiger partial charge in [-0.2, -0.15) is 0 Å². The molecule has 2 nitrogen and oxygen atoms in total. The maximum atomic E-state index is 5.04. The van der Waals surface area contributed by atoms with Crippen LogP contribution in [0.2, 0.25) is 0 Å². The first-order chi connectivity index (χ1) is 5.86. The molecule has 3 heteroatoms. The number of benzene rings is 1. The van der Waals surface area contributed by atoms with E-state index in [-0.39, 0.29) is 6.04 Å². The largest absolute Gasteiger partial charge is 0.481 e. The maximum absolute atomic E-state index is 5.04. The molecule has 0 amide bonds. The average molecular weight is 226 g/mol. The Morgan fingerprint density at radius 1 is 1.33 bits per heavy atom. The minimum atomic E-state index is 0.193. The van der Waals surface area contributed by atoms with Crippen molar-refractivity contribution < 1.29 is 4.74 Å². The number of hydrogen-bond acceptors (Lipinski definition) is 2. The van der Waals surface area contributed by atoms with E-state index < -0.39 is 0 Å². The van der Waals surface area contributed by atoms with Crippen LogP contribution in [-0.4, -0.2) is 13.0 Å². The number of nitrogens with zero attached hydrogens (tertiary/aromatic N) is 1. The van der Waals surface area contributed by atoms with Gasteiger partial charge >= 0.3 is 0 Å². The molecule has 0 saturated heterocycles. The molecular formula is C9H8BrNO. The highest BCUT2D eigenvalue weighted by atomic mass is 79.9. The lowest BCUT2D eigenvalue weighted by Gasteiger charge is -2.04. The number of ether oxygens (including phenoxy) is 1. The van der Waals surface area contributed by atoms with Crippen molar-refractivity contribution in [2.45, 2.75) is 6.04 Å². The summed E-state index contributed by atoms with van der Waals surface area (Å²) in [5.74, 6) is 0. The van der Waals surface area contributed by atoms with Crippen molar-refractivity contribution in [2.24, 2.45) is 4.99 Å². The van der Waals surface area contributed by atoms with Crippen LogP contribution in [0.4, 0.5) is 0 Å². The van der Waals surface area contributed by atoms with Gasteiger partial charge in [-0.3, -0.25) is 0 Å². The molecule has 1 heterocycles. The molecule has 0 spiro atoms. The second-order valence-corrected chi connectivity index (χ2v) is 3.57. The van der Waals surface area contributed by atoms with Crippen LogP contribution in [-0.2, 0) is 4.74 Å². The van der Waals surface area contributed by atoms with Crippen molar-refractivity contribution in [2.75, 3.05) is 6.61 Å². The molecule has 1 aliphatic heterocycles. The van der Waals surface area contributed by atoms with Gasteiger partial charge in [0.2, 0.25) is 0 Å². The van der Waals surface area contributed by atoms with Crippen LogP contribution in [0.15, 0.2) is 33.7 Å². The molecule has 0 unspecified atom stereocenters. The normalized spacial score (nSPS) is 20.9. The average Bonchev–Trinajstić information content (AvgIpc) is 2.58. The second kappa shape index (κ2) is 3.27. The minimum Gasteiger partial charge on any atom is -0.481 e. The Morgan fingerprint density at radius 2 is 2.08 bits per heavy atom. The molecule has 0 aromatic heterocycles. The highest BCUT2D eigenvalue weighted by molar-refractivity contribution is 9.10. The highest BCUT2D eigenvalue weighted by Crippen LogP contribution is 2.22. The summed E-state index contributed by atoms with van der Waals surface area (Å²) in [6.45, 7) is 0.668. The number of aliphatic imine (C=N–C) groups is 1. The van der Waals surface area contributed by atoms with Gasteiger partial charge in [0, 0.05) is 4.47 Å². The van der Waals surface area contributed by atoms with Gasteiger partial charge in [0.15, 0.2) is 6.40 Å². The molecule has 1 aromatic carbocycles. The first kappa shape index (κ1) is 7.80. The molecule has 1 aliphatic rings. The molecule has 2 rings (SSSR count). The van der Waals surface area contributed by atoms with E-state index in [9.17, 15) is 0 Å². The van der Waals surface area contributed by atoms with Crippen molar-refractivity contribution in [1.82, 2.24) is 0 Å². The van der Waals surface area contributed by atoms with E-state index in [1.165, 1.54) is 12.0 Å². The van der Waals surface area contributed by atoms with Gasteiger partial charge in [0.05, 0.1) is 0 Å². The van der Waals surface area contributed by atoms with E-state index in [0.29, 0.717) is 6.61 Å². The predicted molar refractivity (Wildman–Crippen MR) is 51.3 cm³/mol. The van der Waals surface area contributed by atoms with E-state index in [0.717, 1.165) is 4.47 Å². The predicted octanol–water partition coefficient (Wildman–Crippen LogP) is 2.55. The summed E-state index contributed by atoms with van der Waals surface area (Å²) < 4.78 is 6.13. The van der Waals surface area contributed by atoms with Crippen LogP contribution in [0.5, 0.6) is 0 Å². The molecule has 0 N–H and O–H groups in total. The summed E-state index contributed by atoms with van der Waals surface area (Å²) in [6, 6.07) is 8.34. The van der Waals surface area contributed by atoms with Crippen molar-refractivity contribution in [3.63, 3.8) is 0 Å². The second-order valence-electron chi connectivity index (χ2n) is 2.66. The fourth-order valence-electron chi connectivity index (χ4n) is 1.16. The Kier molecular flexibility index (Phi) is 2.13. The summed E-state index contributed by atoms with van der Waals surface area (Å²) in [7, 11) is 0. The quantitative estimate of drug-likeness (QED) is 0.721. The van der Waals surface area contributed by atoms with Gasteiger partial charge < -0.3 is 4.74 Å². The van der Waals surface area contributed by atoms with Gasteiger partial charge in [-0.25, -0.2) is 4.99 Å². The highest BCUT2D eigenvalue weighted by Gasteiger charge is 2.13. The standard InChI is InChI=1S/C9H8BrNO/c10-8-3-1-7(2-4-8)9-5-12-6-11-9/h1-4,6,9H,5H2/t9-/m1/s1. The summed E-state index contributed by atoms with van der Waals surface area (Å²) >= 11 is 3.38. The summed E-state index contributed by atoms with van der Waals surface area (Å²) in [5, 5.41) is 0. The van der Waals surface area contributed by atoms with Crippen molar-refractivity contribution in [3.05, 3.63) is 34.3 Å². The molecule has 0 aliphatic carbocycles. The molecule has 1 aromatic rings. The Bertz CT molecular complexity index is 294. The van der Waals surface area contributed by atoms with Crippen molar-refractivity contribution >= 4 is 22.3 Å². The van der Waals surface area contributed by atoms with Gasteiger partial charge in [-0.05, 0) is 17.7 Å². The van der Waals surface area contributed by atoms with E-state index in [1.54, 1.807) is 0 Å². The van der Waals surface area contributed by atoms with Gasteiger partial charge in [-0.15, -0.1) is 0 Å². The fourth-order valence-corrected chi connectivity index (χ4v) is 1.43. The summed E-state index contributed by atoms with van der Waals surface area (Å²) in [6.07, 6.45) is 1.52. The SMILES string of the molecule is Brc1ccc([C@H]2COC=N2)cc1. The van der Waals surface area contributed by atoms with Crippen LogP contribution in [0.3, 0.4) is 0 Å². The van der Waals surface area contributed by atoms with Gasteiger partial charge in [-0.1, -0.05) is 28.1 Å². The van der Waals surface area contributed by atoms with E-state index >= 15 is 0 Å². The van der Waals surface area contributed by atoms with E-state index in [2.05, 4.69) is 33.1 Å². The number of rotatable bonds is 1. The molecule has 62 valence electrons. The third-order valence-electron chi connectivity index (χ3n) is 1.82. The third kappa shape index (κ3) is 1.50. The molecular weight excluding hydrogens is 218 g/mol. The molecule has 0 saturated carbocycles. The molecule has 0 bridgehead atoms. The third-order valence-corrected chi connectivity index (χ3v) is 2.35. The Labute approximate surface area is 79.4 Å². The lowest BCUT2D eigenvalue weighted by atomic mass is 10.1. The van der Waals surface area contributed by atoms with Gasteiger partial charge in [0.1, 0.15) is 12.6 Å². The zero-order valence-electron chi connectivity index (χ0n) is 6.40. The fraction of sp³-hybridized carbons (Fsp3) is 0.222. The zero-order chi connectivity index (χ0) is 8.39. The van der Waals surface area contributed by atoms with Crippen LogP contribution < -0.4 is 0 Å². The van der Waals surface area contributed by atoms with E-state index in [1.807, 2.05) is 12.1 Å². The lowest BCUT2D eigenvalue weighted by Crippen LogP contribution is -1.96. The maximum Gasteiger partial charge on any atom is 0.170 e. The van der Waals surface area contributed by atoms with Crippen molar-refractivity contribution in [3.8, 4) is 0 Å². The Hall–Kier alpha value is -0.830. The number of halogens is 1. The smallest absolute Gasteiger partial charge is 0.170 e. The summed E-state index contributed by atoms with van der Waals surface area (Å²) in [5.41, 5.74) is 1.20. The minimum absolute atomic E-state index is 0.193. The number of hydrogen-bond donors (Lipinski definition) is 0. The topological polar surface area (TPSA) is 21.6 Å². The molecule has 0 fully saturated rings. The molecule has 0 radical (unpaired) electrons. The van der Waals surface area contributed by atoms with Crippen molar-refractivity contribution in [1.29, 1.82) is 0 Å². The zero-order valence-corrected chi connectivity index (χ0v) is 7.99. The van der Waals surface area contributed by atoms with Crippen LogP contribution in [0.25, 0.3) is 0 Å². The van der Waals surface area contributed by atoms with Crippen LogP contribution in [0, 0.1) is 0 Å². The Balaban J connectivity index is 2.23. The lowest BCUT2D eigenvalue weighted by molar-refractivity contribution is 0.330. The summed E-state index contributed by atoms with van der Waals surface area (Å²) in [4.78, 5) is 4.17. The monoisotopic (exact) mass is 225 g/mol. The molecule has 1 atom stereocenters. The molecule has 12 heavy (non-hydrogen) atoms. The van der Waals surface area contributed by atoms with Gasteiger partial charge in [0.25, 0.3) is 0 Å². The Morgan fingerprint density at radius 3 is 2.67 bits per heavy atom.